The number of esters is 2. The molecular weight excluding hydrogens is 304 g/mol. The standard InChI is InChI=1S/C20H34O4/c1-15(2)7-6-14-23-18(21)12-13-19(22)24-17-10-8-16(9-11-17)20(3,4)5/h12-13,15-17H,6-11,14H2,1-5H3/b13-12+. The monoisotopic (exact) mass is 338 g/mol. The Morgan fingerprint density at radius 3 is 2.17 bits per heavy atom. The Morgan fingerprint density at radius 2 is 1.62 bits per heavy atom. The van der Waals surface area contributed by atoms with Gasteiger partial charge in [-0.05, 0) is 55.8 Å². The highest BCUT2D eigenvalue weighted by atomic mass is 16.5. The van der Waals surface area contributed by atoms with Crippen LogP contribution >= 0.6 is 0 Å². The van der Waals surface area contributed by atoms with Gasteiger partial charge in [0.15, 0.2) is 0 Å². The van der Waals surface area contributed by atoms with Gasteiger partial charge in [-0.1, -0.05) is 34.6 Å². The van der Waals surface area contributed by atoms with Gasteiger partial charge in [0.05, 0.1) is 6.61 Å². The molecule has 0 amide bonds. The van der Waals surface area contributed by atoms with Crippen molar-refractivity contribution in [3.63, 3.8) is 0 Å². The second-order valence-corrected chi connectivity index (χ2v) is 8.31. The second kappa shape index (κ2) is 9.85. The maximum Gasteiger partial charge on any atom is 0.331 e. The van der Waals surface area contributed by atoms with Crippen LogP contribution in [0, 0.1) is 17.3 Å². The summed E-state index contributed by atoms with van der Waals surface area (Å²) in [5, 5.41) is 0. The zero-order valence-corrected chi connectivity index (χ0v) is 16.0. The van der Waals surface area contributed by atoms with E-state index < -0.39 is 11.9 Å². The first-order valence-corrected chi connectivity index (χ1v) is 9.24. The minimum Gasteiger partial charge on any atom is -0.463 e. The van der Waals surface area contributed by atoms with E-state index in [0.29, 0.717) is 23.9 Å². The van der Waals surface area contributed by atoms with Crippen molar-refractivity contribution in [1.82, 2.24) is 0 Å². The number of hydrogen-bond acceptors (Lipinski definition) is 4. The maximum absolute atomic E-state index is 11.8. The van der Waals surface area contributed by atoms with Crippen molar-refractivity contribution in [1.29, 1.82) is 0 Å². The Balaban J connectivity index is 2.23. The molecule has 1 saturated carbocycles. The van der Waals surface area contributed by atoms with Crippen LogP contribution in [0.15, 0.2) is 12.2 Å². The lowest BCUT2D eigenvalue weighted by Crippen LogP contribution is -2.30. The Morgan fingerprint density at radius 1 is 1.04 bits per heavy atom. The first-order valence-electron chi connectivity index (χ1n) is 9.24. The molecular formula is C20H34O4. The van der Waals surface area contributed by atoms with E-state index in [-0.39, 0.29) is 6.10 Å². The fraction of sp³-hybridized carbons (Fsp3) is 0.800. The molecule has 1 aliphatic carbocycles. The fourth-order valence-corrected chi connectivity index (χ4v) is 3.10. The van der Waals surface area contributed by atoms with Crippen molar-refractivity contribution in [3.8, 4) is 0 Å². The zero-order valence-electron chi connectivity index (χ0n) is 16.0. The molecule has 0 aromatic rings. The van der Waals surface area contributed by atoms with E-state index in [1.165, 1.54) is 12.2 Å². The fourth-order valence-electron chi connectivity index (χ4n) is 3.10. The third-order valence-corrected chi connectivity index (χ3v) is 4.71. The van der Waals surface area contributed by atoms with Crippen molar-refractivity contribution < 1.29 is 19.1 Å². The van der Waals surface area contributed by atoms with E-state index >= 15 is 0 Å². The number of rotatable bonds is 7. The van der Waals surface area contributed by atoms with Crippen LogP contribution in [0.3, 0.4) is 0 Å². The van der Waals surface area contributed by atoms with Crippen molar-refractivity contribution in [2.24, 2.45) is 17.3 Å². The van der Waals surface area contributed by atoms with Crippen LogP contribution in [0.2, 0.25) is 0 Å². The number of carbonyl (C=O) groups excluding carboxylic acids is 2. The maximum atomic E-state index is 11.8. The molecule has 0 N–H and O–H groups in total. The lowest BCUT2D eigenvalue weighted by Gasteiger charge is -2.36. The largest absolute Gasteiger partial charge is 0.463 e. The molecule has 0 radical (unpaired) electrons. The van der Waals surface area contributed by atoms with Gasteiger partial charge in [0.25, 0.3) is 0 Å². The molecule has 24 heavy (non-hydrogen) atoms. The van der Waals surface area contributed by atoms with Gasteiger partial charge in [-0.3, -0.25) is 0 Å². The normalized spacial score (nSPS) is 21.9. The number of carbonyl (C=O) groups is 2. The first kappa shape index (κ1) is 20.7. The quantitative estimate of drug-likeness (QED) is 0.384. The highest BCUT2D eigenvalue weighted by molar-refractivity contribution is 5.91. The molecule has 1 rings (SSSR count). The summed E-state index contributed by atoms with van der Waals surface area (Å²) in [6.07, 6.45) is 8.17. The molecule has 0 aromatic carbocycles. The molecule has 0 saturated heterocycles. The SMILES string of the molecule is CC(C)CCCOC(=O)/C=C/C(=O)OC1CCC(C(C)(C)C)CC1. The van der Waals surface area contributed by atoms with Gasteiger partial charge in [-0.25, -0.2) is 9.59 Å². The van der Waals surface area contributed by atoms with Crippen molar-refractivity contribution in [2.75, 3.05) is 6.61 Å². The molecule has 0 bridgehead atoms. The zero-order chi connectivity index (χ0) is 18.2. The predicted octanol–water partition coefficient (Wildman–Crippen LogP) is 4.67. The molecule has 1 aliphatic rings. The van der Waals surface area contributed by atoms with Crippen LogP contribution in [0.1, 0.15) is 73.1 Å². The molecule has 0 aliphatic heterocycles. The summed E-state index contributed by atoms with van der Waals surface area (Å²) < 4.78 is 10.5. The van der Waals surface area contributed by atoms with E-state index in [4.69, 9.17) is 9.47 Å². The molecule has 0 unspecified atom stereocenters. The average molecular weight is 338 g/mol. The van der Waals surface area contributed by atoms with Gasteiger partial charge < -0.3 is 9.47 Å². The van der Waals surface area contributed by atoms with Gasteiger partial charge >= 0.3 is 11.9 Å². The Bertz CT molecular complexity index is 423. The molecule has 4 nitrogen and oxygen atoms in total. The number of ether oxygens (including phenoxy) is 2. The van der Waals surface area contributed by atoms with E-state index in [1.54, 1.807) is 0 Å². The van der Waals surface area contributed by atoms with Crippen LogP contribution in [0.5, 0.6) is 0 Å². The molecule has 0 heterocycles. The van der Waals surface area contributed by atoms with Gasteiger partial charge in [0, 0.05) is 12.2 Å². The van der Waals surface area contributed by atoms with Crippen LogP contribution in [0.25, 0.3) is 0 Å². The Labute approximate surface area is 147 Å². The van der Waals surface area contributed by atoms with Gasteiger partial charge in [0.2, 0.25) is 0 Å². The van der Waals surface area contributed by atoms with E-state index in [0.717, 1.165) is 38.5 Å². The Hall–Kier alpha value is -1.32. The summed E-state index contributed by atoms with van der Waals surface area (Å²) in [6.45, 7) is 11.4. The summed E-state index contributed by atoms with van der Waals surface area (Å²) in [5.41, 5.74) is 0.314. The van der Waals surface area contributed by atoms with Gasteiger partial charge in [0.1, 0.15) is 6.10 Å². The lowest BCUT2D eigenvalue weighted by molar-refractivity contribution is -0.146. The number of hydrogen-bond donors (Lipinski definition) is 0. The molecule has 0 aromatic heterocycles. The summed E-state index contributed by atoms with van der Waals surface area (Å²) in [6, 6.07) is 0. The minimum absolute atomic E-state index is 0.0252. The topological polar surface area (TPSA) is 52.6 Å². The summed E-state index contributed by atoms with van der Waals surface area (Å²) in [7, 11) is 0. The molecule has 4 heteroatoms. The molecule has 1 fully saturated rings. The average Bonchev–Trinajstić information content (AvgIpc) is 2.49. The smallest absolute Gasteiger partial charge is 0.331 e. The van der Waals surface area contributed by atoms with Crippen LogP contribution in [0.4, 0.5) is 0 Å². The lowest BCUT2D eigenvalue weighted by atomic mass is 9.72. The highest BCUT2D eigenvalue weighted by Crippen LogP contribution is 2.38. The Kier molecular flexibility index (Phi) is 8.51. The van der Waals surface area contributed by atoms with Crippen LogP contribution in [-0.2, 0) is 19.1 Å². The van der Waals surface area contributed by atoms with Gasteiger partial charge in [-0.15, -0.1) is 0 Å². The third-order valence-electron chi connectivity index (χ3n) is 4.71. The summed E-state index contributed by atoms with van der Waals surface area (Å²) in [5.74, 6) is 0.354. The van der Waals surface area contributed by atoms with E-state index in [9.17, 15) is 9.59 Å². The molecule has 0 spiro atoms. The highest BCUT2D eigenvalue weighted by Gasteiger charge is 2.30. The summed E-state index contributed by atoms with van der Waals surface area (Å²) >= 11 is 0. The van der Waals surface area contributed by atoms with Crippen molar-refractivity contribution in [2.45, 2.75) is 79.2 Å². The second-order valence-electron chi connectivity index (χ2n) is 8.31. The van der Waals surface area contributed by atoms with Gasteiger partial charge in [-0.2, -0.15) is 0 Å². The third kappa shape index (κ3) is 8.51. The molecule has 0 atom stereocenters. The van der Waals surface area contributed by atoms with Crippen LogP contribution < -0.4 is 0 Å². The van der Waals surface area contributed by atoms with Crippen LogP contribution in [-0.4, -0.2) is 24.6 Å². The van der Waals surface area contributed by atoms with E-state index in [2.05, 4.69) is 34.6 Å². The van der Waals surface area contributed by atoms with Crippen molar-refractivity contribution in [3.05, 3.63) is 12.2 Å². The summed E-state index contributed by atoms with van der Waals surface area (Å²) in [4.78, 5) is 23.3. The first-order chi connectivity index (χ1) is 11.2. The predicted molar refractivity (Wildman–Crippen MR) is 95.5 cm³/mol. The van der Waals surface area contributed by atoms with Crippen molar-refractivity contribution >= 4 is 11.9 Å². The molecule has 138 valence electrons. The minimum atomic E-state index is -0.479. The van der Waals surface area contributed by atoms with E-state index in [1.807, 2.05) is 0 Å².